The number of hydrogen-bond donors (Lipinski definition) is 3. The van der Waals surface area contributed by atoms with Gasteiger partial charge >= 0.3 is 6.03 Å². The fourth-order valence-corrected chi connectivity index (χ4v) is 2.46. The molecule has 2 unspecified atom stereocenters. The molecular formula is C17H28N2O2. The Morgan fingerprint density at radius 1 is 1.19 bits per heavy atom. The molecule has 1 aromatic rings. The zero-order chi connectivity index (χ0) is 15.7. The molecule has 2 atom stereocenters. The summed E-state index contributed by atoms with van der Waals surface area (Å²) >= 11 is 0. The number of aliphatic hydroxyl groups excluding tert-OH is 1. The van der Waals surface area contributed by atoms with E-state index in [0.29, 0.717) is 18.4 Å². The van der Waals surface area contributed by atoms with Crippen molar-refractivity contribution >= 4 is 6.03 Å². The smallest absolute Gasteiger partial charge is 0.315 e. The first-order chi connectivity index (χ1) is 10.0. The Bertz CT molecular complexity index is 407. The second kappa shape index (κ2) is 9.40. The summed E-state index contributed by atoms with van der Waals surface area (Å²) in [6, 6.07) is 9.71. The van der Waals surface area contributed by atoms with Crippen LogP contribution in [0.3, 0.4) is 0 Å². The first-order valence-corrected chi connectivity index (χ1v) is 7.73. The summed E-state index contributed by atoms with van der Waals surface area (Å²) in [6.45, 7) is 7.05. The first-order valence-electron chi connectivity index (χ1n) is 7.73. The van der Waals surface area contributed by atoms with Gasteiger partial charge in [0.1, 0.15) is 0 Å². The molecule has 0 radical (unpaired) electrons. The lowest BCUT2D eigenvalue weighted by atomic mass is 9.94. The van der Waals surface area contributed by atoms with Gasteiger partial charge in [-0.25, -0.2) is 4.79 Å². The van der Waals surface area contributed by atoms with Crippen molar-refractivity contribution in [2.75, 3.05) is 13.2 Å². The summed E-state index contributed by atoms with van der Waals surface area (Å²) in [5.41, 5.74) is 1.08. The van der Waals surface area contributed by atoms with Crippen molar-refractivity contribution in [2.45, 2.75) is 39.7 Å². The number of rotatable bonds is 8. The van der Waals surface area contributed by atoms with Gasteiger partial charge in [0.15, 0.2) is 0 Å². The molecule has 0 spiro atoms. The van der Waals surface area contributed by atoms with Gasteiger partial charge in [-0.3, -0.25) is 0 Å². The van der Waals surface area contributed by atoms with Crippen LogP contribution in [0.2, 0.25) is 0 Å². The van der Waals surface area contributed by atoms with Crippen LogP contribution in [0.4, 0.5) is 4.79 Å². The van der Waals surface area contributed by atoms with Gasteiger partial charge in [-0.05, 0) is 37.2 Å². The predicted molar refractivity (Wildman–Crippen MR) is 86.0 cm³/mol. The van der Waals surface area contributed by atoms with Crippen molar-refractivity contribution in [3.63, 3.8) is 0 Å². The summed E-state index contributed by atoms with van der Waals surface area (Å²) in [5, 5.41) is 14.9. The fraction of sp³-hybridized carbons (Fsp3) is 0.588. The highest BCUT2D eigenvalue weighted by molar-refractivity contribution is 5.74. The fourth-order valence-electron chi connectivity index (χ4n) is 2.46. The van der Waals surface area contributed by atoms with Crippen LogP contribution in [0, 0.1) is 11.8 Å². The van der Waals surface area contributed by atoms with E-state index in [1.54, 1.807) is 0 Å². The Balaban J connectivity index is 2.38. The topological polar surface area (TPSA) is 61.4 Å². The molecule has 4 heteroatoms. The SMILES string of the molecule is CC(C)CC(CCO)CNC(=O)NC(C)c1ccccc1. The van der Waals surface area contributed by atoms with E-state index in [2.05, 4.69) is 24.5 Å². The summed E-state index contributed by atoms with van der Waals surface area (Å²) in [7, 11) is 0. The van der Waals surface area contributed by atoms with Gasteiger partial charge < -0.3 is 15.7 Å². The maximum Gasteiger partial charge on any atom is 0.315 e. The van der Waals surface area contributed by atoms with E-state index in [-0.39, 0.29) is 18.7 Å². The first kappa shape index (κ1) is 17.5. The molecule has 0 aliphatic carbocycles. The number of benzene rings is 1. The van der Waals surface area contributed by atoms with Crippen molar-refractivity contribution in [3.05, 3.63) is 35.9 Å². The third kappa shape index (κ3) is 7.14. The Morgan fingerprint density at radius 2 is 1.86 bits per heavy atom. The highest BCUT2D eigenvalue weighted by Crippen LogP contribution is 2.14. The Hall–Kier alpha value is -1.55. The number of aliphatic hydroxyl groups is 1. The van der Waals surface area contributed by atoms with E-state index in [1.165, 1.54) is 0 Å². The average Bonchev–Trinajstić information content (AvgIpc) is 2.45. The maximum absolute atomic E-state index is 11.9. The standard InChI is InChI=1S/C17H28N2O2/c1-13(2)11-15(9-10-20)12-18-17(21)19-14(3)16-7-5-4-6-8-16/h4-8,13-15,20H,9-12H2,1-3H3,(H2,18,19,21). The van der Waals surface area contributed by atoms with Crippen molar-refractivity contribution < 1.29 is 9.90 Å². The maximum atomic E-state index is 11.9. The summed E-state index contributed by atoms with van der Waals surface area (Å²) < 4.78 is 0. The van der Waals surface area contributed by atoms with Crippen LogP contribution in [0.15, 0.2) is 30.3 Å². The van der Waals surface area contributed by atoms with Crippen LogP contribution < -0.4 is 10.6 Å². The zero-order valence-electron chi connectivity index (χ0n) is 13.3. The van der Waals surface area contributed by atoms with Gasteiger partial charge in [0.2, 0.25) is 0 Å². The molecule has 1 aromatic carbocycles. The summed E-state index contributed by atoms with van der Waals surface area (Å²) in [5.74, 6) is 0.891. The third-order valence-electron chi connectivity index (χ3n) is 3.54. The van der Waals surface area contributed by atoms with Gasteiger partial charge in [-0.15, -0.1) is 0 Å². The van der Waals surface area contributed by atoms with Crippen LogP contribution in [0.1, 0.15) is 45.2 Å². The molecule has 4 nitrogen and oxygen atoms in total. The van der Waals surface area contributed by atoms with E-state index >= 15 is 0 Å². The molecule has 0 fully saturated rings. The van der Waals surface area contributed by atoms with Crippen LogP contribution >= 0.6 is 0 Å². The number of carbonyl (C=O) groups is 1. The lowest BCUT2D eigenvalue weighted by Crippen LogP contribution is -2.39. The lowest BCUT2D eigenvalue weighted by Gasteiger charge is -2.20. The van der Waals surface area contributed by atoms with Gasteiger partial charge in [0.05, 0.1) is 6.04 Å². The molecule has 0 saturated carbocycles. The number of nitrogens with one attached hydrogen (secondary N) is 2. The Morgan fingerprint density at radius 3 is 2.43 bits per heavy atom. The van der Waals surface area contributed by atoms with Gasteiger partial charge in [-0.2, -0.15) is 0 Å². The van der Waals surface area contributed by atoms with Gasteiger partial charge in [0.25, 0.3) is 0 Å². The third-order valence-corrected chi connectivity index (χ3v) is 3.54. The number of amides is 2. The molecule has 118 valence electrons. The van der Waals surface area contributed by atoms with E-state index in [9.17, 15) is 4.79 Å². The minimum Gasteiger partial charge on any atom is -0.396 e. The second-order valence-corrected chi connectivity index (χ2v) is 5.99. The molecule has 0 aromatic heterocycles. The number of urea groups is 1. The molecule has 0 aliphatic heterocycles. The highest BCUT2D eigenvalue weighted by Gasteiger charge is 2.13. The molecule has 0 heterocycles. The summed E-state index contributed by atoms with van der Waals surface area (Å²) in [4.78, 5) is 11.9. The van der Waals surface area contributed by atoms with Crippen molar-refractivity contribution in [2.24, 2.45) is 11.8 Å². The zero-order valence-corrected chi connectivity index (χ0v) is 13.3. The van der Waals surface area contributed by atoms with E-state index in [4.69, 9.17) is 5.11 Å². The van der Waals surface area contributed by atoms with Crippen molar-refractivity contribution in [1.29, 1.82) is 0 Å². The number of carbonyl (C=O) groups excluding carboxylic acids is 1. The van der Waals surface area contributed by atoms with E-state index in [0.717, 1.165) is 18.4 Å². The Labute approximate surface area is 128 Å². The monoisotopic (exact) mass is 292 g/mol. The van der Waals surface area contributed by atoms with E-state index < -0.39 is 0 Å². The molecule has 2 amide bonds. The van der Waals surface area contributed by atoms with Crippen molar-refractivity contribution in [3.8, 4) is 0 Å². The number of hydrogen-bond acceptors (Lipinski definition) is 2. The molecule has 1 rings (SSSR count). The minimum atomic E-state index is -0.155. The minimum absolute atomic E-state index is 0.0207. The molecule has 0 aliphatic rings. The normalized spacial score (nSPS) is 13.8. The molecule has 0 bridgehead atoms. The van der Waals surface area contributed by atoms with Crippen LogP contribution in [-0.2, 0) is 0 Å². The predicted octanol–water partition coefficient (Wildman–Crippen LogP) is 3.09. The molecule has 0 saturated heterocycles. The molecule has 21 heavy (non-hydrogen) atoms. The quantitative estimate of drug-likeness (QED) is 0.689. The summed E-state index contributed by atoms with van der Waals surface area (Å²) in [6.07, 6.45) is 1.74. The highest BCUT2D eigenvalue weighted by atomic mass is 16.3. The van der Waals surface area contributed by atoms with E-state index in [1.807, 2.05) is 37.3 Å². The Kier molecular flexibility index (Phi) is 7.83. The van der Waals surface area contributed by atoms with Crippen molar-refractivity contribution in [1.82, 2.24) is 10.6 Å². The van der Waals surface area contributed by atoms with Crippen LogP contribution in [0.5, 0.6) is 0 Å². The second-order valence-electron chi connectivity index (χ2n) is 5.99. The van der Waals surface area contributed by atoms with Crippen LogP contribution in [0.25, 0.3) is 0 Å². The molecule has 3 N–H and O–H groups in total. The largest absolute Gasteiger partial charge is 0.396 e. The average molecular weight is 292 g/mol. The van der Waals surface area contributed by atoms with Crippen LogP contribution in [-0.4, -0.2) is 24.3 Å². The van der Waals surface area contributed by atoms with Gasteiger partial charge in [0, 0.05) is 13.2 Å². The molecular weight excluding hydrogens is 264 g/mol. The van der Waals surface area contributed by atoms with Gasteiger partial charge in [-0.1, -0.05) is 44.2 Å². The lowest BCUT2D eigenvalue weighted by molar-refractivity contribution is 0.223.